The summed E-state index contributed by atoms with van der Waals surface area (Å²) < 4.78 is 0. The van der Waals surface area contributed by atoms with Crippen molar-refractivity contribution in [2.75, 3.05) is 6.54 Å². The Morgan fingerprint density at radius 1 is 1.41 bits per heavy atom. The van der Waals surface area contributed by atoms with Crippen LogP contribution < -0.4 is 5.32 Å². The molecule has 0 bridgehead atoms. The normalized spacial score (nSPS) is 25.5. The summed E-state index contributed by atoms with van der Waals surface area (Å²) in [5.74, 6) is 1.12. The van der Waals surface area contributed by atoms with E-state index in [1.807, 2.05) is 6.92 Å². The Labute approximate surface area is 107 Å². The van der Waals surface area contributed by atoms with Crippen molar-refractivity contribution >= 4 is 5.78 Å². The van der Waals surface area contributed by atoms with Gasteiger partial charge in [-0.15, -0.1) is 0 Å². The molecule has 2 nitrogen and oxygen atoms in total. The summed E-state index contributed by atoms with van der Waals surface area (Å²) in [5, 5.41) is 3.36. The Bertz CT molecular complexity index is 247. The first-order valence-electron chi connectivity index (χ1n) is 7.24. The molecule has 17 heavy (non-hydrogen) atoms. The van der Waals surface area contributed by atoms with Gasteiger partial charge in [0.25, 0.3) is 0 Å². The molecule has 1 saturated carbocycles. The molecule has 1 aliphatic carbocycles. The van der Waals surface area contributed by atoms with Crippen molar-refractivity contribution in [3.05, 3.63) is 0 Å². The fourth-order valence-corrected chi connectivity index (χ4v) is 3.21. The van der Waals surface area contributed by atoms with Gasteiger partial charge in [-0.1, -0.05) is 40.5 Å². The number of carbonyl (C=O) groups is 1. The molecular formula is C15H29NO. The summed E-state index contributed by atoms with van der Waals surface area (Å²) in [4.78, 5) is 11.9. The first-order chi connectivity index (χ1) is 7.98. The summed E-state index contributed by atoms with van der Waals surface area (Å²) in [6.07, 6.45) is 6.97. The van der Waals surface area contributed by atoms with E-state index in [2.05, 4.69) is 26.1 Å². The van der Waals surface area contributed by atoms with E-state index in [1.54, 1.807) is 0 Å². The second-order valence-electron chi connectivity index (χ2n) is 6.29. The van der Waals surface area contributed by atoms with Crippen molar-refractivity contribution in [3.63, 3.8) is 0 Å². The number of Topliss-reactive ketones (excluding diaryl/α,β-unsaturated/α-hetero) is 1. The molecule has 0 amide bonds. The Hall–Kier alpha value is -0.370. The van der Waals surface area contributed by atoms with E-state index in [0.717, 1.165) is 18.9 Å². The van der Waals surface area contributed by atoms with Gasteiger partial charge in [0.2, 0.25) is 0 Å². The van der Waals surface area contributed by atoms with Gasteiger partial charge in [0.15, 0.2) is 0 Å². The maximum absolute atomic E-state index is 11.9. The molecule has 1 N–H and O–H groups in total. The standard InChI is InChI=1S/C15H29NO/c1-5-14(17)13(16-6-2)10-12-8-7-9-15(3,4)11-12/h12-13,16H,5-11H2,1-4H3. The molecule has 1 aliphatic rings. The maximum atomic E-state index is 11.9. The third-order valence-corrected chi connectivity index (χ3v) is 4.06. The number of nitrogens with one attached hydrogen (secondary N) is 1. The molecule has 2 heteroatoms. The van der Waals surface area contributed by atoms with Crippen LogP contribution in [0, 0.1) is 11.3 Å². The smallest absolute Gasteiger partial charge is 0.149 e. The van der Waals surface area contributed by atoms with Gasteiger partial charge in [-0.3, -0.25) is 4.79 Å². The van der Waals surface area contributed by atoms with Crippen LogP contribution in [0.4, 0.5) is 0 Å². The lowest BCUT2D eigenvalue weighted by molar-refractivity contribution is -0.121. The van der Waals surface area contributed by atoms with Crippen LogP contribution in [0.15, 0.2) is 0 Å². The SMILES string of the molecule is CCNC(CC1CCCC(C)(C)C1)C(=O)CC. The number of carbonyl (C=O) groups excluding carboxylic acids is 1. The highest BCUT2D eigenvalue weighted by Crippen LogP contribution is 2.40. The molecule has 0 aromatic heterocycles. The van der Waals surface area contributed by atoms with Gasteiger partial charge in [0, 0.05) is 6.42 Å². The topological polar surface area (TPSA) is 29.1 Å². The first kappa shape index (κ1) is 14.7. The minimum Gasteiger partial charge on any atom is -0.308 e. The van der Waals surface area contributed by atoms with Crippen LogP contribution in [0.1, 0.15) is 66.2 Å². The number of hydrogen-bond donors (Lipinski definition) is 1. The molecule has 2 unspecified atom stereocenters. The molecule has 0 spiro atoms. The molecule has 0 aromatic rings. The number of ketones is 1. The van der Waals surface area contributed by atoms with Crippen LogP contribution in [0.5, 0.6) is 0 Å². The Morgan fingerprint density at radius 3 is 2.65 bits per heavy atom. The third kappa shape index (κ3) is 4.79. The van der Waals surface area contributed by atoms with E-state index in [4.69, 9.17) is 0 Å². The van der Waals surface area contributed by atoms with Crippen molar-refractivity contribution in [1.29, 1.82) is 0 Å². The lowest BCUT2D eigenvalue weighted by Gasteiger charge is -2.36. The fraction of sp³-hybridized carbons (Fsp3) is 0.933. The number of hydrogen-bond acceptors (Lipinski definition) is 2. The summed E-state index contributed by atoms with van der Waals surface area (Å²) >= 11 is 0. The van der Waals surface area contributed by atoms with Gasteiger partial charge in [0.1, 0.15) is 5.78 Å². The lowest BCUT2D eigenvalue weighted by Crippen LogP contribution is -2.39. The van der Waals surface area contributed by atoms with Crippen LogP contribution in [0.2, 0.25) is 0 Å². The molecule has 0 aliphatic heterocycles. The predicted octanol–water partition coefficient (Wildman–Crippen LogP) is 3.55. The van der Waals surface area contributed by atoms with Crippen LogP contribution in [-0.2, 0) is 4.79 Å². The quantitative estimate of drug-likeness (QED) is 0.768. The average Bonchev–Trinajstić information content (AvgIpc) is 2.26. The molecule has 1 fully saturated rings. The second-order valence-corrected chi connectivity index (χ2v) is 6.29. The minimum absolute atomic E-state index is 0.101. The molecule has 2 atom stereocenters. The van der Waals surface area contributed by atoms with Crippen LogP contribution in [0.3, 0.4) is 0 Å². The highest BCUT2D eigenvalue weighted by atomic mass is 16.1. The third-order valence-electron chi connectivity index (χ3n) is 4.06. The summed E-state index contributed by atoms with van der Waals surface area (Å²) in [6.45, 7) is 9.68. The monoisotopic (exact) mass is 239 g/mol. The zero-order valence-corrected chi connectivity index (χ0v) is 12.0. The summed E-state index contributed by atoms with van der Waals surface area (Å²) in [6, 6.07) is 0.101. The van der Waals surface area contributed by atoms with Gasteiger partial charge in [-0.2, -0.15) is 0 Å². The molecule has 0 heterocycles. The molecule has 100 valence electrons. The largest absolute Gasteiger partial charge is 0.308 e. The van der Waals surface area contributed by atoms with E-state index in [0.29, 0.717) is 17.6 Å². The van der Waals surface area contributed by atoms with E-state index >= 15 is 0 Å². The average molecular weight is 239 g/mol. The maximum Gasteiger partial charge on any atom is 0.149 e. The van der Waals surface area contributed by atoms with Crippen molar-refractivity contribution in [1.82, 2.24) is 5.32 Å². The Morgan fingerprint density at radius 2 is 2.12 bits per heavy atom. The zero-order valence-electron chi connectivity index (χ0n) is 12.0. The van der Waals surface area contributed by atoms with Crippen molar-refractivity contribution < 1.29 is 4.79 Å². The van der Waals surface area contributed by atoms with E-state index in [1.165, 1.54) is 25.7 Å². The summed E-state index contributed by atoms with van der Waals surface area (Å²) in [5.41, 5.74) is 0.481. The molecule has 0 radical (unpaired) electrons. The zero-order chi connectivity index (χ0) is 12.9. The van der Waals surface area contributed by atoms with Gasteiger partial charge in [0.05, 0.1) is 6.04 Å². The highest BCUT2D eigenvalue weighted by Gasteiger charge is 2.30. The van der Waals surface area contributed by atoms with Crippen LogP contribution in [0.25, 0.3) is 0 Å². The minimum atomic E-state index is 0.101. The molecule has 1 rings (SSSR count). The molecule has 0 aromatic carbocycles. The Balaban J connectivity index is 2.51. The second kappa shape index (κ2) is 6.53. The van der Waals surface area contributed by atoms with Crippen LogP contribution >= 0.6 is 0 Å². The number of rotatable bonds is 6. The van der Waals surface area contributed by atoms with Gasteiger partial charge in [-0.25, -0.2) is 0 Å². The molecule has 0 saturated heterocycles. The summed E-state index contributed by atoms with van der Waals surface area (Å²) in [7, 11) is 0. The van der Waals surface area contributed by atoms with Gasteiger partial charge in [-0.05, 0) is 37.1 Å². The van der Waals surface area contributed by atoms with Crippen molar-refractivity contribution in [2.45, 2.75) is 72.3 Å². The fourth-order valence-electron chi connectivity index (χ4n) is 3.21. The van der Waals surface area contributed by atoms with Crippen molar-refractivity contribution in [3.8, 4) is 0 Å². The first-order valence-corrected chi connectivity index (χ1v) is 7.24. The van der Waals surface area contributed by atoms with Crippen molar-refractivity contribution in [2.24, 2.45) is 11.3 Å². The van der Waals surface area contributed by atoms with E-state index < -0.39 is 0 Å². The van der Waals surface area contributed by atoms with Gasteiger partial charge < -0.3 is 5.32 Å². The van der Waals surface area contributed by atoms with E-state index in [-0.39, 0.29) is 6.04 Å². The highest BCUT2D eigenvalue weighted by molar-refractivity contribution is 5.83. The Kier molecular flexibility index (Phi) is 5.64. The predicted molar refractivity (Wildman–Crippen MR) is 73.1 cm³/mol. The van der Waals surface area contributed by atoms with E-state index in [9.17, 15) is 4.79 Å². The van der Waals surface area contributed by atoms with Gasteiger partial charge >= 0.3 is 0 Å². The lowest BCUT2D eigenvalue weighted by atomic mass is 9.70. The number of likely N-dealkylation sites (N-methyl/N-ethyl adjacent to an activating group) is 1. The van der Waals surface area contributed by atoms with Crippen LogP contribution in [-0.4, -0.2) is 18.4 Å². The molecular weight excluding hydrogens is 210 g/mol.